The standard InChI is InChI=1S/C17H20N4O3/c1-23-14-9-11(16(18)21-7-3-2-4-8-21)5-6-12(14)13-10-15(17(19)22)24-20-13/h5-6,9-10,18H,2-4,7-8H2,1H3,(H2,19,22). The van der Waals surface area contributed by atoms with Crippen LogP contribution in [0.2, 0.25) is 0 Å². The number of carbonyl (C=O) groups is 1. The molecule has 0 bridgehead atoms. The van der Waals surface area contributed by atoms with Gasteiger partial charge in [0.1, 0.15) is 17.3 Å². The lowest BCUT2D eigenvalue weighted by Gasteiger charge is -2.29. The Hall–Kier alpha value is -2.83. The van der Waals surface area contributed by atoms with Gasteiger partial charge in [0.15, 0.2) is 0 Å². The fourth-order valence-corrected chi connectivity index (χ4v) is 2.87. The van der Waals surface area contributed by atoms with Gasteiger partial charge in [-0.1, -0.05) is 11.2 Å². The minimum atomic E-state index is -0.670. The predicted molar refractivity (Wildman–Crippen MR) is 89.3 cm³/mol. The average molecular weight is 328 g/mol. The van der Waals surface area contributed by atoms with Crippen LogP contribution in [-0.2, 0) is 0 Å². The number of methoxy groups -OCH3 is 1. The third-order valence-electron chi connectivity index (χ3n) is 4.18. The maximum atomic E-state index is 11.1. The topological polar surface area (TPSA) is 105 Å². The molecule has 2 heterocycles. The second kappa shape index (κ2) is 6.74. The van der Waals surface area contributed by atoms with Crippen molar-refractivity contribution in [1.29, 1.82) is 5.41 Å². The minimum Gasteiger partial charge on any atom is -0.496 e. The van der Waals surface area contributed by atoms with Crippen LogP contribution in [-0.4, -0.2) is 42.0 Å². The molecule has 1 aromatic carbocycles. The molecule has 7 heteroatoms. The van der Waals surface area contributed by atoms with Crippen LogP contribution in [0.5, 0.6) is 5.75 Å². The zero-order valence-corrected chi connectivity index (χ0v) is 13.5. The number of amidine groups is 1. The van der Waals surface area contributed by atoms with Crippen molar-refractivity contribution >= 4 is 11.7 Å². The number of nitrogens with one attached hydrogen (secondary N) is 1. The molecule has 1 saturated heterocycles. The van der Waals surface area contributed by atoms with Crippen molar-refractivity contribution in [3.8, 4) is 17.0 Å². The molecule has 0 radical (unpaired) electrons. The Bertz CT molecular complexity index is 763. The SMILES string of the molecule is COc1cc(C(=N)N2CCCCC2)ccc1-c1cc(C(N)=O)on1. The van der Waals surface area contributed by atoms with Crippen molar-refractivity contribution in [3.05, 3.63) is 35.6 Å². The van der Waals surface area contributed by atoms with Crippen molar-refractivity contribution in [3.63, 3.8) is 0 Å². The number of primary amides is 1. The van der Waals surface area contributed by atoms with Gasteiger partial charge in [0.05, 0.1) is 7.11 Å². The first-order chi connectivity index (χ1) is 11.6. The normalized spacial score (nSPS) is 14.5. The number of aromatic nitrogens is 1. The molecule has 1 aliphatic heterocycles. The zero-order valence-electron chi connectivity index (χ0n) is 13.5. The number of hydrogen-bond donors (Lipinski definition) is 2. The highest BCUT2D eigenvalue weighted by Gasteiger charge is 2.19. The van der Waals surface area contributed by atoms with Gasteiger partial charge < -0.3 is 19.9 Å². The van der Waals surface area contributed by atoms with Gasteiger partial charge in [-0.25, -0.2) is 0 Å². The lowest BCUT2D eigenvalue weighted by atomic mass is 10.0. The fraction of sp³-hybridized carbons (Fsp3) is 0.353. The van der Waals surface area contributed by atoms with Gasteiger partial charge in [0.25, 0.3) is 5.91 Å². The summed E-state index contributed by atoms with van der Waals surface area (Å²) < 4.78 is 10.4. The summed E-state index contributed by atoms with van der Waals surface area (Å²) in [4.78, 5) is 13.2. The maximum absolute atomic E-state index is 11.1. The van der Waals surface area contributed by atoms with E-state index in [2.05, 4.69) is 10.1 Å². The van der Waals surface area contributed by atoms with Crippen LogP contribution in [0.3, 0.4) is 0 Å². The number of nitrogens with zero attached hydrogens (tertiary/aromatic N) is 2. The van der Waals surface area contributed by atoms with Crippen LogP contribution in [0.25, 0.3) is 11.3 Å². The molecule has 0 saturated carbocycles. The number of rotatable bonds is 4. The summed E-state index contributed by atoms with van der Waals surface area (Å²) in [5, 5.41) is 12.3. The summed E-state index contributed by atoms with van der Waals surface area (Å²) in [5.41, 5.74) is 7.13. The number of piperidine rings is 1. The Morgan fingerprint density at radius 2 is 2.04 bits per heavy atom. The molecule has 0 aliphatic carbocycles. The number of amides is 1. The molecule has 1 fully saturated rings. The average Bonchev–Trinajstić information content (AvgIpc) is 3.11. The van der Waals surface area contributed by atoms with Gasteiger partial charge in [-0.3, -0.25) is 10.2 Å². The molecule has 2 aromatic rings. The third-order valence-corrected chi connectivity index (χ3v) is 4.18. The minimum absolute atomic E-state index is 0.00260. The van der Waals surface area contributed by atoms with E-state index in [9.17, 15) is 4.79 Å². The smallest absolute Gasteiger partial charge is 0.287 e. The Labute approximate surface area is 139 Å². The maximum Gasteiger partial charge on any atom is 0.287 e. The highest BCUT2D eigenvalue weighted by atomic mass is 16.5. The molecule has 0 atom stereocenters. The molecule has 126 valence electrons. The number of nitrogens with two attached hydrogens (primary N) is 1. The molecule has 0 spiro atoms. The highest BCUT2D eigenvalue weighted by Crippen LogP contribution is 2.31. The Morgan fingerprint density at radius 3 is 2.67 bits per heavy atom. The predicted octanol–water partition coefficient (Wildman–Crippen LogP) is 2.26. The van der Waals surface area contributed by atoms with E-state index in [1.165, 1.54) is 12.5 Å². The number of ether oxygens (including phenoxy) is 1. The van der Waals surface area contributed by atoms with Gasteiger partial charge in [-0.15, -0.1) is 0 Å². The van der Waals surface area contributed by atoms with Crippen LogP contribution in [0.15, 0.2) is 28.8 Å². The second-order valence-electron chi connectivity index (χ2n) is 5.75. The molecule has 24 heavy (non-hydrogen) atoms. The molecule has 1 aliphatic rings. The number of hydrogen-bond acceptors (Lipinski definition) is 5. The van der Waals surface area contributed by atoms with Crippen LogP contribution < -0.4 is 10.5 Å². The van der Waals surface area contributed by atoms with E-state index >= 15 is 0 Å². The van der Waals surface area contributed by atoms with E-state index < -0.39 is 5.91 Å². The third kappa shape index (κ3) is 3.10. The van der Waals surface area contributed by atoms with E-state index in [1.54, 1.807) is 7.11 Å². The summed E-state index contributed by atoms with van der Waals surface area (Å²) >= 11 is 0. The van der Waals surface area contributed by atoms with Crippen molar-refractivity contribution in [1.82, 2.24) is 10.1 Å². The lowest BCUT2D eigenvalue weighted by Crippen LogP contribution is -2.35. The van der Waals surface area contributed by atoms with Gasteiger partial charge >= 0.3 is 0 Å². The van der Waals surface area contributed by atoms with E-state index in [4.69, 9.17) is 20.4 Å². The van der Waals surface area contributed by atoms with E-state index in [1.807, 2.05) is 18.2 Å². The zero-order chi connectivity index (χ0) is 17.1. The van der Waals surface area contributed by atoms with Gasteiger partial charge in [0.2, 0.25) is 5.76 Å². The van der Waals surface area contributed by atoms with E-state index in [0.29, 0.717) is 22.8 Å². The Kier molecular flexibility index (Phi) is 4.50. The van der Waals surface area contributed by atoms with Crippen LogP contribution in [0.4, 0.5) is 0 Å². The van der Waals surface area contributed by atoms with Crippen LogP contribution >= 0.6 is 0 Å². The Morgan fingerprint density at radius 1 is 1.29 bits per heavy atom. The first-order valence-corrected chi connectivity index (χ1v) is 7.89. The number of likely N-dealkylation sites (tertiary alicyclic amines) is 1. The molecule has 1 amide bonds. The summed E-state index contributed by atoms with van der Waals surface area (Å²) in [6, 6.07) is 6.96. The second-order valence-corrected chi connectivity index (χ2v) is 5.75. The fourth-order valence-electron chi connectivity index (χ4n) is 2.87. The van der Waals surface area contributed by atoms with Crippen LogP contribution in [0.1, 0.15) is 35.4 Å². The van der Waals surface area contributed by atoms with Crippen molar-refractivity contribution < 1.29 is 14.1 Å². The summed E-state index contributed by atoms with van der Waals surface area (Å²) in [5.74, 6) is 0.393. The summed E-state index contributed by atoms with van der Waals surface area (Å²) in [7, 11) is 1.56. The van der Waals surface area contributed by atoms with Gasteiger partial charge in [-0.2, -0.15) is 0 Å². The molecule has 3 rings (SSSR count). The molecular weight excluding hydrogens is 308 g/mol. The van der Waals surface area contributed by atoms with Crippen molar-refractivity contribution in [2.24, 2.45) is 5.73 Å². The summed E-state index contributed by atoms with van der Waals surface area (Å²) in [6.07, 6.45) is 3.46. The number of benzene rings is 1. The van der Waals surface area contributed by atoms with Crippen LogP contribution in [0, 0.1) is 5.41 Å². The van der Waals surface area contributed by atoms with Crippen molar-refractivity contribution in [2.45, 2.75) is 19.3 Å². The molecular formula is C17H20N4O3. The summed E-state index contributed by atoms with van der Waals surface area (Å²) in [6.45, 7) is 1.82. The molecule has 3 N–H and O–H groups in total. The van der Waals surface area contributed by atoms with E-state index in [-0.39, 0.29) is 5.76 Å². The lowest BCUT2D eigenvalue weighted by molar-refractivity contribution is 0.0965. The highest BCUT2D eigenvalue weighted by molar-refractivity contribution is 5.97. The van der Waals surface area contributed by atoms with E-state index in [0.717, 1.165) is 31.5 Å². The monoisotopic (exact) mass is 328 g/mol. The molecule has 1 aromatic heterocycles. The first kappa shape index (κ1) is 16.0. The largest absolute Gasteiger partial charge is 0.496 e. The quantitative estimate of drug-likeness (QED) is 0.661. The van der Waals surface area contributed by atoms with Gasteiger partial charge in [0, 0.05) is 30.3 Å². The van der Waals surface area contributed by atoms with Crippen molar-refractivity contribution in [2.75, 3.05) is 20.2 Å². The number of carbonyl (C=O) groups excluding carboxylic acids is 1. The first-order valence-electron chi connectivity index (χ1n) is 7.89. The van der Waals surface area contributed by atoms with Gasteiger partial charge in [-0.05, 0) is 31.4 Å². The molecule has 7 nitrogen and oxygen atoms in total. The molecule has 0 unspecified atom stereocenters. The Balaban J connectivity index is 1.89.